The van der Waals surface area contributed by atoms with Crippen LogP contribution in [0.15, 0.2) is 54.0 Å². The highest BCUT2D eigenvalue weighted by atomic mass is 35.5. The van der Waals surface area contributed by atoms with Gasteiger partial charge in [-0.25, -0.2) is 0 Å². The Balaban J connectivity index is 1.72. The molecular weight excluding hydrogens is 452 g/mol. The largest absolute Gasteiger partial charge is 0.493 e. The van der Waals surface area contributed by atoms with Gasteiger partial charge < -0.3 is 14.8 Å². The Labute approximate surface area is 195 Å². The van der Waals surface area contributed by atoms with Crippen molar-refractivity contribution in [3.8, 4) is 11.5 Å². The Hall–Kier alpha value is -3.23. The Morgan fingerprint density at radius 3 is 2.72 bits per heavy atom. The lowest BCUT2D eigenvalue weighted by Gasteiger charge is -2.14. The highest BCUT2D eigenvalue weighted by Crippen LogP contribution is 2.34. The molecule has 9 heteroatoms. The summed E-state index contributed by atoms with van der Waals surface area (Å²) < 4.78 is 10.8. The first-order chi connectivity index (χ1) is 15.3. The fraction of sp³-hybridized carbons (Fsp3) is 0.174. The average molecular weight is 473 g/mol. The second-order valence-corrected chi connectivity index (χ2v) is 8.21. The van der Waals surface area contributed by atoms with Gasteiger partial charge in [-0.1, -0.05) is 36.4 Å². The minimum atomic E-state index is -0.538. The number of nitrogens with zero attached hydrogens (tertiary/aromatic N) is 1. The van der Waals surface area contributed by atoms with E-state index in [0.717, 1.165) is 22.2 Å². The summed E-state index contributed by atoms with van der Waals surface area (Å²) >= 11 is 6.74. The van der Waals surface area contributed by atoms with E-state index in [4.69, 9.17) is 21.1 Å². The van der Waals surface area contributed by atoms with E-state index in [1.165, 1.54) is 7.11 Å². The summed E-state index contributed by atoms with van der Waals surface area (Å²) in [6.45, 7) is 5.35. The number of amides is 3. The van der Waals surface area contributed by atoms with E-state index in [9.17, 15) is 14.4 Å². The van der Waals surface area contributed by atoms with E-state index >= 15 is 0 Å². The van der Waals surface area contributed by atoms with E-state index in [1.54, 1.807) is 48.6 Å². The van der Waals surface area contributed by atoms with Crippen LogP contribution in [0.1, 0.15) is 11.1 Å². The molecule has 2 aromatic carbocycles. The number of thioether (sulfide) groups is 1. The molecule has 0 aromatic heterocycles. The number of anilines is 1. The smallest absolute Gasteiger partial charge is 0.294 e. The lowest BCUT2D eigenvalue weighted by atomic mass is 10.2. The molecule has 0 unspecified atom stereocenters. The standard InChI is InChI=1S/C23H21ClN2O5S/c1-4-9-31-18-8-6-15(10-19(18)30-3)11-20-22(28)26(23(29)32-20)13-21(27)25-17-12-16(24)7-5-14(17)2/h4-8,10-12H,1,9,13H2,2-3H3,(H,25,27)/b20-11+. The highest BCUT2D eigenvalue weighted by Gasteiger charge is 2.36. The van der Waals surface area contributed by atoms with Gasteiger partial charge >= 0.3 is 0 Å². The summed E-state index contributed by atoms with van der Waals surface area (Å²) in [6.07, 6.45) is 3.19. The molecule has 166 valence electrons. The van der Waals surface area contributed by atoms with Gasteiger partial charge in [-0.2, -0.15) is 0 Å². The Kier molecular flexibility index (Phi) is 7.61. The molecule has 32 heavy (non-hydrogen) atoms. The molecule has 7 nitrogen and oxygen atoms in total. The molecule has 3 rings (SSSR count). The number of hydrogen-bond donors (Lipinski definition) is 1. The number of hydrogen-bond acceptors (Lipinski definition) is 6. The van der Waals surface area contributed by atoms with Crippen molar-refractivity contribution < 1.29 is 23.9 Å². The van der Waals surface area contributed by atoms with Crippen molar-refractivity contribution in [3.63, 3.8) is 0 Å². The summed E-state index contributed by atoms with van der Waals surface area (Å²) in [7, 11) is 1.51. The number of imide groups is 1. The molecule has 2 aromatic rings. The molecule has 1 N–H and O–H groups in total. The van der Waals surface area contributed by atoms with Gasteiger partial charge in [0, 0.05) is 10.7 Å². The number of aryl methyl sites for hydroxylation is 1. The predicted octanol–water partition coefficient (Wildman–Crippen LogP) is 4.90. The Morgan fingerprint density at radius 2 is 2.00 bits per heavy atom. The van der Waals surface area contributed by atoms with Crippen LogP contribution >= 0.6 is 23.4 Å². The van der Waals surface area contributed by atoms with E-state index in [0.29, 0.717) is 34.4 Å². The number of rotatable bonds is 8. The van der Waals surface area contributed by atoms with Crippen LogP contribution in [0.3, 0.4) is 0 Å². The number of ether oxygens (including phenoxy) is 2. The minimum absolute atomic E-state index is 0.212. The van der Waals surface area contributed by atoms with Crippen LogP contribution in [-0.4, -0.2) is 42.2 Å². The maximum Gasteiger partial charge on any atom is 0.294 e. The van der Waals surface area contributed by atoms with Crippen LogP contribution in [0.25, 0.3) is 6.08 Å². The molecule has 0 radical (unpaired) electrons. The SMILES string of the molecule is C=CCOc1ccc(/C=C2/SC(=O)N(CC(=O)Nc3cc(Cl)ccc3C)C2=O)cc1OC. The van der Waals surface area contributed by atoms with Gasteiger partial charge in [0.15, 0.2) is 11.5 Å². The van der Waals surface area contributed by atoms with Crippen molar-refractivity contribution in [2.75, 3.05) is 25.6 Å². The van der Waals surface area contributed by atoms with Crippen molar-refractivity contribution in [1.82, 2.24) is 4.90 Å². The molecule has 0 saturated carbocycles. The van der Waals surface area contributed by atoms with Crippen LogP contribution in [-0.2, 0) is 9.59 Å². The molecule has 1 heterocycles. The van der Waals surface area contributed by atoms with Crippen LogP contribution in [0, 0.1) is 6.92 Å². The normalized spacial score (nSPS) is 14.6. The highest BCUT2D eigenvalue weighted by molar-refractivity contribution is 8.18. The first-order valence-corrected chi connectivity index (χ1v) is 10.7. The van der Waals surface area contributed by atoms with Crippen LogP contribution in [0.5, 0.6) is 11.5 Å². The quantitative estimate of drug-likeness (QED) is 0.434. The maximum absolute atomic E-state index is 12.7. The van der Waals surface area contributed by atoms with Crippen molar-refractivity contribution >= 4 is 52.2 Å². The zero-order chi connectivity index (χ0) is 23.3. The zero-order valence-corrected chi connectivity index (χ0v) is 19.1. The van der Waals surface area contributed by atoms with Crippen molar-refractivity contribution in [2.45, 2.75) is 6.92 Å². The topological polar surface area (TPSA) is 84.9 Å². The van der Waals surface area contributed by atoms with Gasteiger partial charge in [0.05, 0.1) is 12.0 Å². The summed E-state index contributed by atoms with van der Waals surface area (Å²) in [5, 5.41) is 2.64. The van der Waals surface area contributed by atoms with Gasteiger partial charge in [-0.05, 0) is 60.2 Å². The third kappa shape index (κ3) is 5.52. The number of benzene rings is 2. The van der Waals surface area contributed by atoms with Gasteiger partial charge in [0.1, 0.15) is 13.2 Å². The Morgan fingerprint density at radius 1 is 1.22 bits per heavy atom. The summed E-state index contributed by atoms with van der Waals surface area (Å²) in [4.78, 5) is 38.6. The molecule has 0 bridgehead atoms. The second-order valence-electron chi connectivity index (χ2n) is 6.79. The minimum Gasteiger partial charge on any atom is -0.493 e. The molecule has 1 aliphatic heterocycles. The molecule has 3 amide bonds. The summed E-state index contributed by atoms with van der Waals surface area (Å²) in [6, 6.07) is 10.2. The number of halogens is 1. The number of carbonyl (C=O) groups is 3. The van der Waals surface area contributed by atoms with E-state index in [2.05, 4.69) is 11.9 Å². The third-order valence-electron chi connectivity index (χ3n) is 4.49. The molecule has 1 aliphatic rings. The monoisotopic (exact) mass is 472 g/mol. The van der Waals surface area contributed by atoms with Crippen molar-refractivity contribution in [3.05, 3.63) is 70.1 Å². The maximum atomic E-state index is 12.7. The number of carbonyl (C=O) groups excluding carboxylic acids is 3. The van der Waals surface area contributed by atoms with Crippen molar-refractivity contribution in [1.29, 1.82) is 0 Å². The fourth-order valence-corrected chi connectivity index (χ4v) is 3.90. The van der Waals surface area contributed by atoms with Crippen LogP contribution < -0.4 is 14.8 Å². The van der Waals surface area contributed by atoms with E-state index in [1.807, 2.05) is 6.92 Å². The Bertz CT molecular complexity index is 1120. The van der Waals surface area contributed by atoms with Gasteiger partial charge in [-0.3, -0.25) is 19.3 Å². The van der Waals surface area contributed by atoms with Gasteiger partial charge in [0.25, 0.3) is 11.1 Å². The van der Waals surface area contributed by atoms with Crippen LogP contribution in [0.4, 0.5) is 10.5 Å². The molecule has 1 saturated heterocycles. The zero-order valence-electron chi connectivity index (χ0n) is 17.5. The van der Waals surface area contributed by atoms with E-state index < -0.39 is 23.6 Å². The number of nitrogens with one attached hydrogen (secondary N) is 1. The first kappa shape index (κ1) is 23.4. The molecule has 1 fully saturated rings. The first-order valence-electron chi connectivity index (χ1n) is 9.55. The molecule has 0 spiro atoms. The molecular formula is C23H21ClN2O5S. The second kappa shape index (κ2) is 10.4. The molecule has 0 aliphatic carbocycles. The van der Waals surface area contributed by atoms with Gasteiger partial charge in [-0.15, -0.1) is 0 Å². The lowest BCUT2D eigenvalue weighted by Crippen LogP contribution is -2.36. The van der Waals surface area contributed by atoms with Crippen molar-refractivity contribution in [2.24, 2.45) is 0 Å². The summed E-state index contributed by atoms with van der Waals surface area (Å²) in [5.41, 5.74) is 1.99. The predicted molar refractivity (Wildman–Crippen MR) is 126 cm³/mol. The summed E-state index contributed by atoms with van der Waals surface area (Å²) in [5.74, 6) is -0.0186. The van der Waals surface area contributed by atoms with Gasteiger partial charge in [0.2, 0.25) is 5.91 Å². The van der Waals surface area contributed by atoms with E-state index in [-0.39, 0.29) is 4.91 Å². The third-order valence-corrected chi connectivity index (χ3v) is 5.63. The average Bonchev–Trinajstić information content (AvgIpc) is 3.02. The fourth-order valence-electron chi connectivity index (χ4n) is 2.89. The molecule has 0 atom stereocenters. The number of methoxy groups -OCH3 is 1. The lowest BCUT2D eigenvalue weighted by molar-refractivity contribution is -0.127. The van der Waals surface area contributed by atoms with Crippen LogP contribution in [0.2, 0.25) is 5.02 Å².